The molecule has 0 spiro atoms. The highest BCUT2D eigenvalue weighted by Crippen LogP contribution is 2.15. The number of aryl methyl sites for hydroxylation is 1. The second-order valence-corrected chi connectivity index (χ2v) is 7.19. The van der Waals surface area contributed by atoms with Crippen molar-refractivity contribution in [3.05, 3.63) is 70.1 Å². The van der Waals surface area contributed by atoms with Crippen LogP contribution in [0.25, 0.3) is 10.8 Å². The number of carbonyl (C=O) groups is 1. The highest BCUT2D eigenvalue weighted by Gasteiger charge is 2.15. The van der Waals surface area contributed by atoms with E-state index in [2.05, 4.69) is 29.5 Å². The first-order valence-electron chi connectivity index (χ1n) is 9.40. The van der Waals surface area contributed by atoms with E-state index in [4.69, 9.17) is 4.74 Å². The van der Waals surface area contributed by atoms with Crippen molar-refractivity contribution >= 4 is 22.4 Å². The van der Waals surface area contributed by atoms with Gasteiger partial charge in [0.2, 0.25) is 0 Å². The van der Waals surface area contributed by atoms with Crippen LogP contribution in [0.3, 0.4) is 0 Å². The van der Waals surface area contributed by atoms with Crippen molar-refractivity contribution in [2.24, 2.45) is 18.1 Å². The third kappa shape index (κ3) is 4.68. The minimum atomic E-state index is -0.479. The number of ether oxygens (including phenoxy) is 1. The molecule has 0 unspecified atom stereocenters. The van der Waals surface area contributed by atoms with Gasteiger partial charge in [0.15, 0.2) is 5.69 Å². The van der Waals surface area contributed by atoms with Crippen molar-refractivity contribution < 1.29 is 9.53 Å². The number of benzene rings is 2. The molecule has 7 nitrogen and oxygen atoms in total. The lowest BCUT2D eigenvalue weighted by molar-refractivity contribution is 0.0949. The molecule has 1 heterocycles. The van der Waals surface area contributed by atoms with Crippen molar-refractivity contribution in [1.29, 1.82) is 0 Å². The third-order valence-corrected chi connectivity index (χ3v) is 4.35. The van der Waals surface area contributed by atoms with E-state index in [1.807, 2.05) is 24.3 Å². The standard InChI is InChI=1S/C22H24N4O3/c1-14(2)13-29-17-11-9-16(10-12-17)15(3)23-24-21(27)20-18-7-5-6-8-19(18)22(28)26(4)25-20/h5-12,14H,13H2,1-4H3,(H,24,27)/b23-15-. The summed E-state index contributed by atoms with van der Waals surface area (Å²) in [6, 6.07) is 14.4. The SMILES string of the molecule is C/C(=N/NC(=O)c1nn(C)c(=O)c2ccccc12)c1ccc(OCC(C)C)cc1. The highest BCUT2D eigenvalue weighted by molar-refractivity contribution is 6.06. The van der Waals surface area contributed by atoms with Gasteiger partial charge in [-0.25, -0.2) is 10.1 Å². The zero-order valence-corrected chi connectivity index (χ0v) is 17.0. The number of hydrazone groups is 1. The number of nitrogens with one attached hydrogen (secondary N) is 1. The number of nitrogens with zero attached hydrogens (tertiary/aromatic N) is 3. The van der Waals surface area contributed by atoms with Crippen LogP contribution in [0.2, 0.25) is 0 Å². The average Bonchev–Trinajstić information content (AvgIpc) is 2.73. The highest BCUT2D eigenvalue weighted by atomic mass is 16.5. The normalized spacial score (nSPS) is 11.7. The fourth-order valence-corrected chi connectivity index (χ4v) is 2.77. The largest absolute Gasteiger partial charge is 0.493 e. The summed E-state index contributed by atoms with van der Waals surface area (Å²) in [6.07, 6.45) is 0. The van der Waals surface area contributed by atoms with Crippen molar-refractivity contribution in [3.8, 4) is 5.75 Å². The summed E-state index contributed by atoms with van der Waals surface area (Å²) in [4.78, 5) is 24.8. The Morgan fingerprint density at radius 1 is 1.14 bits per heavy atom. The molecule has 29 heavy (non-hydrogen) atoms. The molecule has 2 aromatic carbocycles. The summed E-state index contributed by atoms with van der Waals surface area (Å²) >= 11 is 0. The number of fused-ring (bicyclic) bond motifs is 1. The molecule has 0 aliphatic carbocycles. The molecule has 0 saturated carbocycles. The second-order valence-electron chi connectivity index (χ2n) is 7.19. The quantitative estimate of drug-likeness (QED) is 0.516. The number of carbonyl (C=O) groups excluding carboxylic acids is 1. The van der Waals surface area contributed by atoms with Gasteiger partial charge in [0.25, 0.3) is 11.5 Å². The minimum Gasteiger partial charge on any atom is -0.493 e. The van der Waals surface area contributed by atoms with Gasteiger partial charge in [0.1, 0.15) is 5.75 Å². The summed E-state index contributed by atoms with van der Waals surface area (Å²) < 4.78 is 6.83. The lowest BCUT2D eigenvalue weighted by Crippen LogP contribution is -2.27. The van der Waals surface area contributed by atoms with Crippen LogP contribution in [0.4, 0.5) is 0 Å². The number of aromatic nitrogens is 2. The summed E-state index contributed by atoms with van der Waals surface area (Å²) in [5.41, 5.74) is 3.93. The molecule has 1 aromatic heterocycles. The van der Waals surface area contributed by atoms with Gasteiger partial charge in [-0.3, -0.25) is 9.59 Å². The van der Waals surface area contributed by atoms with Crippen molar-refractivity contribution in [1.82, 2.24) is 15.2 Å². The van der Waals surface area contributed by atoms with Crippen molar-refractivity contribution in [2.45, 2.75) is 20.8 Å². The predicted octanol–water partition coefficient (Wildman–Crippen LogP) is 3.12. The number of hydrogen-bond acceptors (Lipinski definition) is 5. The monoisotopic (exact) mass is 392 g/mol. The van der Waals surface area contributed by atoms with Crippen LogP contribution < -0.4 is 15.7 Å². The Morgan fingerprint density at radius 3 is 2.45 bits per heavy atom. The van der Waals surface area contributed by atoms with Gasteiger partial charge < -0.3 is 4.74 Å². The molecule has 0 aliphatic rings. The molecular weight excluding hydrogens is 368 g/mol. The van der Waals surface area contributed by atoms with E-state index >= 15 is 0 Å². The number of rotatable bonds is 6. The van der Waals surface area contributed by atoms with E-state index in [1.54, 1.807) is 31.2 Å². The maximum absolute atomic E-state index is 12.6. The van der Waals surface area contributed by atoms with Crippen LogP contribution in [0.5, 0.6) is 5.75 Å². The third-order valence-electron chi connectivity index (χ3n) is 4.35. The predicted molar refractivity (Wildman–Crippen MR) is 113 cm³/mol. The first-order chi connectivity index (χ1) is 13.9. The molecule has 0 aliphatic heterocycles. The molecule has 0 atom stereocenters. The van der Waals surface area contributed by atoms with Crippen LogP contribution in [-0.2, 0) is 7.05 Å². The van der Waals surface area contributed by atoms with E-state index in [0.717, 1.165) is 16.0 Å². The first kappa shape index (κ1) is 20.3. The van der Waals surface area contributed by atoms with Gasteiger partial charge >= 0.3 is 0 Å². The van der Waals surface area contributed by atoms with Gasteiger partial charge in [-0.1, -0.05) is 32.0 Å². The van der Waals surface area contributed by atoms with Crippen LogP contribution in [-0.4, -0.2) is 28.0 Å². The molecule has 150 valence electrons. The molecular formula is C22H24N4O3. The average molecular weight is 392 g/mol. The minimum absolute atomic E-state index is 0.150. The lowest BCUT2D eigenvalue weighted by Gasteiger charge is -2.09. The Kier molecular flexibility index (Phi) is 6.07. The van der Waals surface area contributed by atoms with E-state index in [1.165, 1.54) is 7.05 Å². The van der Waals surface area contributed by atoms with Gasteiger partial charge in [-0.15, -0.1) is 0 Å². The maximum Gasteiger partial charge on any atom is 0.292 e. The molecule has 3 rings (SSSR count). The maximum atomic E-state index is 12.6. The van der Waals surface area contributed by atoms with Crippen LogP contribution in [0, 0.1) is 5.92 Å². The molecule has 0 bridgehead atoms. The van der Waals surface area contributed by atoms with Gasteiger partial charge in [-0.05, 0) is 48.7 Å². The van der Waals surface area contributed by atoms with Crippen LogP contribution >= 0.6 is 0 Å². The molecule has 0 saturated heterocycles. The van der Waals surface area contributed by atoms with Crippen LogP contribution in [0.1, 0.15) is 36.8 Å². The van der Waals surface area contributed by atoms with Crippen LogP contribution in [0.15, 0.2) is 58.4 Å². The Morgan fingerprint density at radius 2 is 1.79 bits per heavy atom. The molecule has 1 N–H and O–H groups in total. The number of amides is 1. The Balaban J connectivity index is 1.78. The zero-order valence-electron chi connectivity index (χ0n) is 17.0. The Hall–Kier alpha value is -3.48. The number of hydrogen-bond donors (Lipinski definition) is 1. The molecule has 1 amide bonds. The lowest BCUT2D eigenvalue weighted by atomic mass is 10.1. The summed E-state index contributed by atoms with van der Waals surface area (Å²) in [5.74, 6) is 0.767. The Bertz CT molecular complexity index is 1120. The van der Waals surface area contributed by atoms with Gasteiger partial charge in [0.05, 0.1) is 17.7 Å². The Labute approximate surface area is 169 Å². The smallest absolute Gasteiger partial charge is 0.292 e. The summed E-state index contributed by atoms with van der Waals surface area (Å²) in [6.45, 7) is 6.65. The summed E-state index contributed by atoms with van der Waals surface area (Å²) in [5, 5.41) is 9.22. The first-order valence-corrected chi connectivity index (χ1v) is 9.40. The molecule has 0 radical (unpaired) electrons. The van der Waals surface area contributed by atoms with E-state index in [0.29, 0.717) is 29.0 Å². The van der Waals surface area contributed by atoms with Crippen molar-refractivity contribution in [2.75, 3.05) is 6.61 Å². The fraction of sp³-hybridized carbons (Fsp3) is 0.273. The van der Waals surface area contributed by atoms with Gasteiger partial charge in [-0.2, -0.15) is 10.2 Å². The van der Waals surface area contributed by atoms with E-state index in [9.17, 15) is 9.59 Å². The molecule has 3 aromatic rings. The fourth-order valence-electron chi connectivity index (χ4n) is 2.77. The molecule has 7 heteroatoms. The van der Waals surface area contributed by atoms with Gasteiger partial charge in [0, 0.05) is 12.4 Å². The summed E-state index contributed by atoms with van der Waals surface area (Å²) in [7, 11) is 1.52. The van der Waals surface area contributed by atoms with E-state index in [-0.39, 0.29) is 11.3 Å². The zero-order chi connectivity index (χ0) is 21.0. The topological polar surface area (TPSA) is 85.6 Å². The molecule has 0 fully saturated rings. The second kappa shape index (κ2) is 8.68. The van der Waals surface area contributed by atoms with E-state index < -0.39 is 5.91 Å². The van der Waals surface area contributed by atoms with Crippen molar-refractivity contribution in [3.63, 3.8) is 0 Å².